The van der Waals surface area contributed by atoms with Gasteiger partial charge in [0.2, 0.25) is 0 Å². The van der Waals surface area contributed by atoms with E-state index in [9.17, 15) is 8.42 Å². The first-order valence-corrected chi connectivity index (χ1v) is 9.94. The van der Waals surface area contributed by atoms with Crippen molar-refractivity contribution in [1.29, 1.82) is 0 Å². The van der Waals surface area contributed by atoms with Crippen LogP contribution in [0.5, 0.6) is 5.75 Å². The molecule has 0 aliphatic carbocycles. The second kappa shape index (κ2) is 6.63. The lowest BCUT2D eigenvalue weighted by atomic mass is 9.85. The summed E-state index contributed by atoms with van der Waals surface area (Å²) < 4.78 is 39.4. The normalized spacial score (nSPS) is 22.0. The van der Waals surface area contributed by atoms with Crippen LogP contribution in [0.4, 0.5) is 0 Å². The summed E-state index contributed by atoms with van der Waals surface area (Å²) in [5.41, 5.74) is 2.17. The number of piperidine rings is 1. The quantitative estimate of drug-likeness (QED) is 0.793. The Hall–Kier alpha value is -1.15. The number of likely N-dealkylation sites (tertiary alicyclic amines) is 1. The van der Waals surface area contributed by atoms with Gasteiger partial charge in [-0.05, 0) is 43.6 Å². The highest BCUT2D eigenvalue weighted by atomic mass is 32.2. The van der Waals surface area contributed by atoms with Crippen LogP contribution in [-0.4, -0.2) is 44.1 Å². The number of fused-ring (bicyclic) bond motifs is 1. The van der Waals surface area contributed by atoms with E-state index in [1.807, 2.05) is 12.1 Å². The molecule has 1 saturated heterocycles. The fourth-order valence-corrected chi connectivity index (χ4v) is 3.99. The molecule has 2 aliphatic rings. The lowest BCUT2D eigenvalue weighted by Gasteiger charge is -2.35. The van der Waals surface area contributed by atoms with Crippen LogP contribution in [0.15, 0.2) is 18.2 Å². The van der Waals surface area contributed by atoms with Crippen molar-refractivity contribution in [2.75, 3.05) is 26.2 Å². The van der Waals surface area contributed by atoms with E-state index in [1.54, 1.807) is 0 Å². The zero-order valence-corrected chi connectivity index (χ0v) is 15.1. The third-order valence-electron chi connectivity index (χ3n) is 5.00. The van der Waals surface area contributed by atoms with Crippen LogP contribution in [0.1, 0.15) is 50.3 Å². The Labute approximate surface area is 144 Å². The van der Waals surface area contributed by atoms with Crippen LogP contribution >= 0.6 is 0 Å². The molecule has 0 amide bonds. The van der Waals surface area contributed by atoms with Gasteiger partial charge in [0.05, 0.1) is 6.61 Å². The molecule has 1 atom stereocenters. The summed E-state index contributed by atoms with van der Waals surface area (Å²) in [5.74, 6) is 0.906. The van der Waals surface area contributed by atoms with E-state index in [2.05, 4.69) is 29.5 Å². The van der Waals surface area contributed by atoms with Crippen molar-refractivity contribution in [3.63, 3.8) is 0 Å². The van der Waals surface area contributed by atoms with E-state index in [-0.39, 0.29) is 18.0 Å². The first-order chi connectivity index (χ1) is 11.3. The van der Waals surface area contributed by atoms with Gasteiger partial charge in [-0.15, -0.1) is 0 Å². The van der Waals surface area contributed by atoms with Crippen molar-refractivity contribution in [1.82, 2.24) is 9.62 Å². The van der Waals surface area contributed by atoms with E-state index in [4.69, 9.17) is 9.29 Å². The number of nitrogens with zero attached hydrogens (tertiary/aromatic N) is 1. The van der Waals surface area contributed by atoms with E-state index < -0.39 is 10.3 Å². The average Bonchev–Trinajstić information content (AvgIpc) is 2.83. The molecular weight excluding hydrogens is 328 g/mol. The molecule has 3 rings (SSSR count). The molecular formula is C17H26N2O4S. The molecule has 1 aromatic carbocycles. The number of hydrogen-bond acceptors (Lipinski definition) is 4. The molecule has 24 heavy (non-hydrogen) atoms. The third-order valence-corrected chi connectivity index (χ3v) is 5.53. The molecule has 2 aliphatic heterocycles. The lowest BCUT2D eigenvalue weighted by Crippen LogP contribution is -2.40. The smallest absolute Gasteiger partial charge is 0.333 e. The topological polar surface area (TPSA) is 78.9 Å². The largest absolute Gasteiger partial charge is 0.492 e. The van der Waals surface area contributed by atoms with Crippen LogP contribution < -0.4 is 9.46 Å². The van der Waals surface area contributed by atoms with Gasteiger partial charge in [0.25, 0.3) is 0 Å². The van der Waals surface area contributed by atoms with Gasteiger partial charge in [-0.25, -0.2) is 0 Å². The number of rotatable bonds is 5. The van der Waals surface area contributed by atoms with Gasteiger partial charge in [0, 0.05) is 23.6 Å². The maximum Gasteiger partial charge on any atom is 0.333 e. The lowest BCUT2D eigenvalue weighted by molar-refractivity contribution is 0.164. The highest BCUT2D eigenvalue weighted by Gasteiger charge is 2.33. The molecule has 0 saturated carbocycles. The molecule has 1 fully saturated rings. The Morgan fingerprint density at radius 3 is 2.67 bits per heavy atom. The van der Waals surface area contributed by atoms with Gasteiger partial charge in [0.1, 0.15) is 5.75 Å². The van der Waals surface area contributed by atoms with Crippen molar-refractivity contribution in [3.8, 4) is 5.75 Å². The average molecular weight is 354 g/mol. The van der Waals surface area contributed by atoms with Gasteiger partial charge in [-0.1, -0.05) is 26.3 Å². The van der Waals surface area contributed by atoms with Crippen molar-refractivity contribution < 1.29 is 17.7 Å². The third kappa shape index (κ3) is 3.91. The summed E-state index contributed by atoms with van der Waals surface area (Å²) >= 11 is 0. The second-order valence-corrected chi connectivity index (χ2v) is 8.60. The Morgan fingerprint density at radius 2 is 2.00 bits per heavy atom. The van der Waals surface area contributed by atoms with E-state index >= 15 is 0 Å². The van der Waals surface area contributed by atoms with Crippen molar-refractivity contribution in [2.24, 2.45) is 0 Å². The molecule has 2 heterocycles. The number of nitrogens with one attached hydrogen (secondary N) is 1. The summed E-state index contributed by atoms with van der Waals surface area (Å²) in [6, 6.07) is 6.02. The maximum absolute atomic E-state index is 11.1. The van der Waals surface area contributed by atoms with Crippen LogP contribution in [-0.2, 0) is 15.7 Å². The summed E-state index contributed by atoms with van der Waals surface area (Å²) in [7, 11) is -4.20. The Balaban J connectivity index is 1.90. The minimum absolute atomic E-state index is 0.0473. The van der Waals surface area contributed by atoms with Gasteiger partial charge in [-0.3, -0.25) is 9.45 Å². The molecule has 134 valence electrons. The van der Waals surface area contributed by atoms with Crippen LogP contribution in [0, 0.1) is 0 Å². The second-order valence-electron chi connectivity index (χ2n) is 7.36. The van der Waals surface area contributed by atoms with Gasteiger partial charge >= 0.3 is 10.3 Å². The SMILES string of the molecule is CC1(C)COc2ccc(C(CNS(=O)(=O)O)N3CCCCC3)cc21. The minimum atomic E-state index is -4.20. The maximum atomic E-state index is 11.1. The number of ether oxygens (including phenoxy) is 1. The fraction of sp³-hybridized carbons (Fsp3) is 0.647. The van der Waals surface area contributed by atoms with Gasteiger partial charge in [0.15, 0.2) is 0 Å². The highest BCUT2D eigenvalue weighted by Crippen LogP contribution is 2.40. The summed E-state index contributed by atoms with van der Waals surface area (Å²) in [4.78, 5) is 2.30. The zero-order valence-electron chi connectivity index (χ0n) is 14.3. The van der Waals surface area contributed by atoms with Crippen LogP contribution in [0.2, 0.25) is 0 Å². The Morgan fingerprint density at radius 1 is 1.29 bits per heavy atom. The monoisotopic (exact) mass is 354 g/mol. The Bertz CT molecular complexity index is 697. The molecule has 0 radical (unpaired) electrons. The van der Waals surface area contributed by atoms with Gasteiger partial charge in [-0.2, -0.15) is 13.1 Å². The molecule has 0 bridgehead atoms. The predicted octanol–water partition coefficient (Wildman–Crippen LogP) is 2.28. The summed E-state index contributed by atoms with van der Waals surface area (Å²) in [6.07, 6.45) is 3.43. The molecule has 2 N–H and O–H groups in total. The van der Waals surface area contributed by atoms with E-state index in [0.717, 1.165) is 42.8 Å². The number of benzene rings is 1. The summed E-state index contributed by atoms with van der Waals surface area (Å²) in [6.45, 7) is 7.00. The molecule has 0 aromatic heterocycles. The molecule has 1 unspecified atom stereocenters. The van der Waals surface area contributed by atoms with E-state index in [0.29, 0.717) is 6.61 Å². The fourth-order valence-electron chi connectivity index (χ4n) is 3.62. The first kappa shape index (κ1) is 17.7. The zero-order chi connectivity index (χ0) is 17.4. The van der Waals surface area contributed by atoms with Crippen molar-refractivity contribution in [2.45, 2.75) is 44.6 Å². The minimum Gasteiger partial charge on any atom is -0.492 e. The first-order valence-electron chi connectivity index (χ1n) is 8.50. The van der Waals surface area contributed by atoms with Crippen molar-refractivity contribution >= 4 is 10.3 Å². The van der Waals surface area contributed by atoms with Gasteiger partial charge < -0.3 is 4.74 Å². The molecule has 1 aromatic rings. The summed E-state index contributed by atoms with van der Waals surface area (Å²) in [5, 5.41) is 0. The van der Waals surface area contributed by atoms with Crippen LogP contribution in [0.25, 0.3) is 0 Å². The molecule has 6 nitrogen and oxygen atoms in total. The van der Waals surface area contributed by atoms with Crippen LogP contribution in [0.3, 0.4) is 0 Å². The highest BCUT2D eigenvalue weighted by molar-refractivity contribution is 7.83. The van der Waals surface area contributed by atoms with E-state index in [1.165, 1.54) is 6.42 Å². The molecule has 7 heteroatoms. The number of hydrogen-bond donors (Lipinski definition) is 2. The predicted molar refractivity (Wildman–Crippen MR) is 92.7 cm³/mol. The molecule has 0 spiro atoms. The standard InChI is InChI=1S/C17H26N2O4S/c1-17(2)12-23-16-7-6-13(10-14(16)17)15(11-18-24(20,21)22)19-8-4-3-5-9-19/h6-7,10,15,18H,3-5,8-9,11-12H2,1-2H3,(H,20,21,22). The Kier molecular flexibility index (Phi) is 4.88. The van der Waals surface area contributed by atoms with Crippen molar-refractivity contribution in [3.05, 3.63) is 29.3 Å².